The Morgan fingerprint density at radius 3 is 2.41 bits per heavy atom. The van der Waals surface area contributed by atoms with Crippen molar-refractivity contribution in [1.82, 2.24) is 15.1 Å². The van der Waals surface area contributed by atoms with Gasteiger partial charge in [0, 0.05) is 13.1 Å². The monoisotopic (exact) mass is 313 g/mol. The molecular formula is C17H35N3O2. The largest absolute Gasteiger partial charge is 0.444 e. The van der Waals surface area contributed by atoms with Crippen LogP contribution in [0.2, 0.25) is 0 Å². The van der Waals surface area contributed by atoms with Crippen LogP contribution in [0.25, 0.3) is 0 Å². The van der Waals surface area contributed by atoms with Gasteiger partial charge in [-0.2, -0.15) is 0 Å². The molecule has 0 unspecified atom stereocenters. The van der Waals surface area contributed by atoms with Crippen LogP contribution in [0.1, 0.15) is 46.5 Å². The predicted octanol–water partition coefficient (Wildman–Crippen LogP) is 2.56. The summed E-state index contributed by atoms with van der Waals surface area (Å²) in [6.45, 7) is 10.7. The Morgan fingerprint density at radius 2 is 1.86 bits per heavy atom. The number of ether oxygens (including phenoxy) is 1. The number of hydrogen-bond acceptors (Lipinski definition) is 4. The van der Waals surface area contributed by atoms with Gasteiger partial charge in [0.25, 0.3) is 0 Å². The van der Waals surface area contributed by atoms with Crippen molar-refractivity contribution in [1.29, 1.82) is 0 Å². The SMILES string of the molecule is CN(C)CCCCNCC1CCN(C(=O)OC(C)(C)C)CC1. The summed E-state index contributed by atoms with van der Waals surface area (Å²) in [6.07, 6.45) is 4.46. The fraction of sp³-hybridized carbons (Fsp3) is 0.941. The molecule has 22 heavy (non-hydrogen) atoms. The van der Waals surface area contributed by atoms with Crippen molar-refractivity contribution in [3.05, 3.63) is 0 Å². The quantitative estimate of drug-likeness (QED) is 0.734. The molecule has 5 nitrogen and oxygen atoms in total. The Morgan fingerprint density at radius 1 is 1.23 bits per heavy atom. The van der Waals surface area contributed by atoms with E-state index >= 15 is 0 Å². The average molecular weight is 313 g/mol. The second-order valence-electron chi connectivity index (χ2n) is 7.63. The van der Waals surface area contributed by atoms with Gasteiger partial charge < -0.3 is 19.9 Å². The normalized spacial score (nSPS) is 17.1. The number of nitrogens with zero attached hydrogens (tertiary/aromatic N) is 2. The lowest BCUT2D eigenvalue weighted by atomic mass is 9.97. The second kappa shape index (κ2) is 9.36. The lowest BCUT2D eigenvalue weighted by molar-refractivity contribution is 0.0184. The fourth-order valence-corrected chi connectivity index (χ4v) is 2.63. The van der Waals surface area contributed by atoms with E-state index < -0.39 is 5.60 Å². The average Bonchev–Trinajstić information content (AvgIpc) is 2.41. The zero-order chi connectivity index (χ0) is 16.6. The molecule has 0 spiro atoms. The summed E-state index contributed by atoms with van der Waals surface area (Å²) in [7, 11) is 4.23. The Bertz CT molecular complexity index is 318. The minimum Gasteiger partial charge on any atom is -0.444 e. The van der Waals surface area contributed by atoms with E-state index in [1.807, 2.05) is 25.7 Å². The molecular weight excluding hydrogens is 278 g/mol. The molecule has 1 amide bonds. The molecule has 1 aliphatic heterocycles. The minimum atomic E-state index is -0.401. The zero-order valence-corrected chi connectivity index (χ0v) is 15.2. The fourth-order valence-electron chi connectivity index (χ4n) is 2.63. The third-order valence-corrected chi connectivity index (χ3v) is 3.91. The highest BCUT2D eigenvalue weighted by molar-refractivity contribution is 5.68. The van der Waals surface area contributed by atoms with E-state index in [4.69, 9.17) is 4.74 Å². The number of carbonyl (C=O) groups is 1. The molecule has 5 heteroatoms. The smallest absolute Gasteiger partial charge is 0.410 e. The summed E-state index contributed by atoms with van der Waals surface area (Å²) >= 11 is 0. The Balaban J connectivity index is 2.09. The lowest BCUT2D eigenvalue weighted by Gasteiger charge is -2.33. The van der Waals surface area contributed by atoms with E-state index in [0.29, 0.717) is 5.92 Å². The maximum Gasteiger partial charge on any atom is 0.410 e. The van der Waals surface area contributed by atoms with Gasteiger partial charge in [0.2, 0.25) is 0 Å². The van der Waals surface area contributed by atoms with Crippen LogP contribution in [-0.4, -0.2) is 68.3 Å². The molecule has 0 atom stereocenters. The molecule has 130 valence electrons. The molecule has 0 aliphatic carbocycles. The van der Waals surface area contributed by atoms with Crippen molar-refractivity contribution in [2.24, 2.45) is 5.92 Å². The van der Waals surface area contributed by atoms with Gasteiger partial charge in [-0.05, 0) is 86.1 Å². The van der Waals surface area contributed by atoms with Gasteiger partial charge in [-0.15, -0.1) is 0 Å². The van der Waals surface area contributed by atoms with E-state index in [-0.39, 0.29) is 6.09 Å². The number of rotatable bonds is 7. The van der Waals surface area contributed by atoms with E-state index in [1.165, 1.54) is 12.8 Å². The second-order valence-corrected chi connectivity index (χ2v) is 7.63. The van der Waals surface area contributed by atoms with E-state index in [9.17, 15) is 4.79 Å². The molecule has 1 heterocycles. The first-order chi connectivity index (χ1) is 10.3. The van der Waals surface area contributed by atoms with Crippen molar-refractivity contribution < 1.29 is 9.53 Å². The standard InChI is InChI=1S/C17H35N3O2/c1-17(2,3)22-16(21)20-12-8-15(9-13-20)14-18-10-6-7-11-19(4)5/h15,18H,6-14H2,1-5H3. The van der Waals surface area contributed by atoms with Crippen molar-refractivity contribution >= 4 is 6.09 Å². The maximum atomic E-state index is 12.0. The van der Waals surface area contributed by atoms with Gasteiger partial charge in [0.05, 0.1) is 0 Å². The van der Waals surface area contributed by atoms with Gasteiger partial charge >= 0.3 is 6.09 Å². The summed E-state index contributed by atoms with van der Waals surface area (Å²) in [6, 6.07) is 0. The number of hydrogen-bond donors (Lipinski definition) is 1. The number of amides is 1. The van der Waals surface area contributed by atoms with Crippen molar-refractivity contribution in [2.45, 2.75) is 52.1 Å². The maximum absolute atomic E-state index is 12.0. The Hall–Kier alpha value is -0.810. The summed E-state index contributed by atoms with van der Waals surface area (Å²) in [5, 5.41) is 3.56. The van der Waals surface area contributed by atoms with Crippen LogP contribution in [0.4, 0.5) is 4.79 Å². The van der Waals surface area contributed by atoms with Crippen LogP contribution < -0.4 is 5.32 Å². The number of carbonyl (C=O) groups excluding carboxylic acids is 1. The van der Waals surface area contributed by atoms with Gasteiger partial charge in [0.1, 0.15) is 5.60 Å². The van der Waals surface area contributed by atoms with E-state index in [2.05, 4.69) is 24.3 Å². The molecule has 1 fully saturated rings. The highest BCUT2D eigenvalue weighted by atomic mass is 16.6. The molecule has 0 radical (unpaired) electrons. The van der Waals surface area contributed by atoms with Crippen LogP contribution >= 0.6 is 0 Å². The van der Waals surface area contributed by atoms with E-state index in [1.54, 1.807) is 0 Å². The molecule has 1 saturated heterocycles. The molecule has 0 aromatic heterocycles. The summed E-state index contributed by atoms with van der Waals surface area (Å²) < 4.78 is 5.42. The summed E-state index contributed by atoms with van der Waals surface area (Å²) in [5.41, 5.74) is -0.401. The Kier molecular flexibility index (Phi) is 8.18. The van der Waals surface area contributed by atoms with Crippen LogP contribution in [0.3, 0.4) is 0 Å². The molecule has 1 N–H and O–H groups in total. The first-order valence-corrected chi connectivity index (χ1v) is 8.61. The van der Waals surface area contributed by atoms with Crippen LogP contribution in [0, 0.1) is 5.92 Å². The molecule has 0 bridgehead atoms. The topological polar surface area (TPSA) is 44.8 Å². The first kappa shape index (κ1) is 19.2. The molecule has 1 aliphatic rings. The molecule has 0 saturated carbocycles. The number of unbranched alkanes of at least 4 members (excludes halogenated alkanes) is 1. The highest BCUT2D eigenvalue weighted by Gasteiger charge is 2.26. The number of nitrogens with one attached hydrogen (secondary N) is 1. The van der Waals surface area contributed by atoms with Gasteiger partial charge in [0.15, 0.2) is 0 Å². The lowest BCUT2D eigenvalue weighted by Crippen LogP contribution is -2.43. The van der Waals surface area contributed by atoms with Crippen LogP contribution in [0.5, 0.6) is 0 Å². The third kappa shape index (κ3) is 8.59. The zero-order valence-electron chi connectivity index (χ0n) is 15.2. The van der Waals surface area contributed by atoms with Crippen LogP contribution in [-0.2, 0) is 4.74 Å². The van der Waals surface area contributed by atoms with Gasteiger partial charge in [-0.3, -0.25) is 0 Å². The number of likely N-dealkylation sites (tertiary alicyclic amines) is 1. The molecule has 0 aromatic carbocycles. The van der Waals surface area contributed by atoms with Gasteiger partial charge in [-0.25, -0.2) is 4.79 Å². The summed E-state index contributed by atoms with van der Waals surface area (Å²) in [4.78, 5) is 16.1. The van der Waals surface area contributed by atoms with Gasteiger partial charge in [-0.1, -0.05) is 0 Å². The predicted molar refractivity (Wildman–Crippen MR) is 91.2 cm³/mol. The molecule has 0 aromatic rings. The highest BCUT2D eigenvalue weighted by Crippen LogP contribution is 2.19. The van der Waals surface area contributed by atoms with E-state index in [0.717, 1.165) is 45.6 Å². The van der Waals surface area contributed by atoms with Crippen molar-refractivity contribution in [2.75, 3.05) is 46.8 Å². The van der Waals surface area contributed by atoms with Crippen molar-refractivity contribution in [3.63, 3.8) is 0 Å². The minimum absolute atomic E-state index is 0.164. The first-order valence-electron chi connectivity index (χ1n) is 8.61. The van der Waals surface area contributed by atoms with Crippen LogP contribution in [0.15, 0.2) is 0 Å². The summed E-state index contributed by atoms with van der Waals surface area (Å²) in [5.74, 6) is 0.688. The Labute approximate surface area is 136 Å². The third-order valence-electron chi connectivity index (χ3n) is 3.91. The molecule has 1 rings (SSSR count). The van der Waals surface area contributed by atoms with Crippen molar-refractivity contribution in [3.8, 4) is 0 Å². The number of piperidine rings is 1.